The zero-order valence-corrected chi connectivity index (χ0v) is 10.4. The maximum absolute atomic E-state index is 10.8. The van der Waals surface area contributed by atoms with E-state index in [2.05, 4.69) is 4.98 Å². The number of ether oxygens (including phenoxy) is 1. The van der Waals surface area contributed by atoms with E-state index in [0.29, 0.717) is 15.8 Å². The van der Waals surface area contributed by atoms with Crippen LogP contribution in [-0.4, -0.2) is 16.1 Å². The van der Waals surface area contributed by atoms with Crippen LogP contribution in [0, 0.1) is 0 Å². The van der Waals surface area contributed by atoms with Crippen LogP contribution in [0.5, 0.6) is 11.6 Å². The van der Waals surface area contributed by atoms with Gasteiger partial charge in [-0.1, -0.05) is 23.2 Å². The van der Waals surface area contributed by atoms with Crippen molar-refractivity contribution < 1.29 is 14.6 Å². The first-order valence-electron chi connectivity index (χ1n) is 4.88. The molecule has 0 saturated carbocycles. The van der Waals surface area contributed by atoms with Crippen LogP contribution in [0.1, 0.15) is 10.4 Å². The maximum atomic E-state index is 10.8. The fourth-order valence-electron chi connectivity index (χ4n) is 1.26. The first-order valence-corrected chi connectivity index (χ1v) is 5.64. The molecule has 1 heterocycles. The average molecular weight is 284 g/mol. The van der Waals surface area contributed by atoms with Crippen LogP contribution in [-0.2, 0) is 0 Å². The third-order valence-corrected chi connectivity index (χ3v) is 2.83. The van der Waals surface area contributed by atoms with Gasteiger partial charge in [-0.25, -0.2) is 9.78 Å². The number of aromatic nitrogens is 1. The number of rotatable bonds is 3. The SMILES string of the molecule is O=C(O)c1ccnc(Oc2ccc(Cl)c(Cl)c2)c1. The molecule has 4 nitrogen and oxygen atoms in total. The van der Waals surface area contributed by atoms with Gasteiger partial charge in [0.1, 0.15) is 5.75 Å². The summed E-state index contributed by atoms with van der Waals surface area (Å²) in [7, 11) is 0. The van der Waals surface area contributed by atoms with E-state index in [1.165, 1.54) is 24.4 Å². The molecule has 0 atom stereocenters. The molecule has 1 aromatic heterocycles. The molecule has 0 amide bonds. The molecule has 0 radical (unpaired) electrons. The largest absolute Gasteiger partial charge is 0.478 e. The fraction of sp³-hybridized carbons (Fsp3) is 0. The molecule has 92 valence electrons. The van der Waals surface area contributed by atoms with Crippen LogP contribution >= 0.6 is 23.2 Å². The Labute approximate surface area is 113 Å². The second-order valence-electron chi connectivity index (χ2n) is 3.37. The summed E-state index contributed by atoms with van der Waals surface area (Å²) in [5.74, 6) is -0.441. The molecule has 0 unspecified atom stereocenters. The molecule has 0 aliphatic carbocycles. The van der Waals surface area contributed by atoms with Crippen molar-refractivity contribution in [2.45, 2.75) is 0 Å². The van der Waals surface area contributed by atoms with Gasteiger partial charge in [-0.3, -0.25) is 0 Å². The Kier molecular flexibility index (Phi) is 3.69. The number of hydrogen-bond acceptors (Lipinski definition) is 3. The molecule has 1 N–H and O–H groups in total. The molecule has 0 bridgehead atoms. The van der Waals surface area contributed by atoms with E-state index in [1.807, 2.05) is 0 Å². The van der Waals surface area contributed by atoms with Crippen molar-refractivity contribution >= 4 is 29.2 Å². The Hall–Kier alpha value is -1.78. The fourth-order valence-corrected chi connectivity index (χ4v) is 1.55. The second-order valence-corrected chi connectivity index (χ2v) is 4.18. The van der Waals surface area contributed by atoms with E-state index in [0.717, 1.165) is 0 Å². The molecule has 0 aliphatic heterocycles. The smallest absolute Gasteiger partial charge is 0.335 e. The Morgan fingerprint density at radius 2 is 1.94 bits per heavy atom. The predicted octanol–water partition coefficient (Wildman–Crippen LogP) is 3.88. The number of carbonyl (C=O) groups is 1. The highest BCUT2D eigenvalue weighted by molar-refractivity contribution is 6.42. The number of benzene rings is 1. The molecule has 0 saturated heterocycles. The summed E-state index contributed by atoms with van der Waals surface area (Å²) in [6, 6.07) is 7.43. The number of hydrogen-bond donors (Lipinski definition) is 1. The highest BCUT2D eigenvalue weighted by atomic mass is 35.5. The summed E-state index contributed by atoms with van der Waals surface area (Å²) >= 11 is 11.6. The van der Waals surface area contributed by atoms with E-state index in [1.54, 1.807) is 12.1 Å². The summed E-state index contributed by atoms with van der Waals surface area (Å²) in [6.07, 6.45) is 1.36. The van der Waals surface area contributed by atoms with Crippen molar-refractivity contribution in [3.63, 3.8) is 0 Å². The van der Waals surface area contributed by atoms with Crippen LogP contribution in [0.25, 0.3) is 0 Å². The number of carboxylic acids is 1. The van der Waals surface area contributed by atoms with Crippen molar-refractivity contribution in [1.82, 2.24) is 4.98 Å². The van der Waals surface area contributed by atoms with Crippen LogP contribution < -0.4 is 4.74 Å². The summed E-state index contributed by atoms with van der Waals surface area (Å²) in [6.45, 7) is 0. The summed E-state index contributed by atoms with van der Waals surface area (Å²) < 4.78 is 5.39. The summed E-state index contributed by atoms with van der Waals surface area (Å²) in [4.78, 5) is 14.7. The van der Waals surface area contributed by atoms with Crippen LogP contribution in [0.3, 0.4) is 0 Å². The lowest BCUT2D eigenvalue weighted by Crippen LogP contribution is -1.97. The van der Waals surface area contributed by atoms with Crippen LogP contribution in [0.15, 0.2) is 36.5 Å². The molecule has 0 fully saturated rings. The molecule has 2 aromatic rings. The van der Waals surface area contributed by atoms with Gasteiger partial charge < -0.3 is 9.84 Å². The molecule has 0 aliphatic rings. The second kappa shape index (κ2) is 5.25. The van der Waals surface area contributed by atoms with Crippen molar-refractivity contribution in [3.05, 3.63) is 52.1 Å². The molecular weight excluding hydrogens is 277 g/mol. The van der Waals surface area contributed by atoms with Gasteiger partial charge in [0.15, 0.2) is 0 Å². The van der Waals surface area contributed by atoms with Crippen molar-refractivity contribution in [2.75, 3.05) is 0 Å². The zero-order valence-electron chi connectivity index (χ0n) is 8.93. The standard InChI is InChI=1S/C12H7Cl2NO3/c13-9-2-1-8(6-10(9)14)18-11-5-7(12(16)17)3-4-15-11/h1-6H,(H,16,17). The lowest BCUT2D eigenvalue weighted by Gasteiger charge is -2.06. The van der Waals surface area contributed by atoms with E-state index in [4.69, 9.17) is 33.0 Å². The Morgan fingerprint density at radius 1 is 1.17 bits per heavy atom. The quantitative estimate of drug-likeness (QED) is 0.929. The molecule has 6 heteroatoms. The minimum Gasteiger partial charge on any atom is -0.478 e. The Bertz CT molecular complexity index is 602. The minimum atomic E-state index is -1.05. The number of carboxylic acid groups (broad SMARTS) is 1. The van der Waals surface area contributed by atoms with Gasteiger partial charge in [0.2, 0.25) is 5.88 Å². The number of aromatic carboxylic acids is 1. The topological polar surface area (TPSA) is 59.4 Å². The highest BCUT2D eigenvalue weighted by Crippen LogP contribution is 2.28. The molecule has 2 rings (SSSR count). The van der Waals surface area contributed by atoms with Gasteiger partial charge in [0.05, 0.1) is 15.6 Å². The van der Waals surface area contributed by atoms with Gasteiger partial charge in [0.25, 0.3) is 0 Å². The number of nitrogens with zero attached hydrogens (tertiary/aromatic N) is 1. The van der Waals surface area contributed by atoms with Gasteiger partial charge in [-0.05, 0) is 18.2 Å². The minimum absolute atomic E-state index is 0.0973. The van der Waals surface area contributed by atoms with Crippen LogP contribution in [0.4, 0.5) is 0 Å². The number of pyridine rings is 1. The molecule has 0 spiro atoms. The molecule has 18 heavy (non-hydrogen) atoms. The van der Waals surface area contributed by atoms with Crippen molar-refractivity contribution in [1.29, 1.82) is 0 Å². The maximum Gasteiger partial charge on any atom is 0.335 e. The van der Waals surface area contributed by atoms with Gasteiger partial charge in [-0.2, -0.15) is 0 Å². The van der Waals surface area contributed by atoms with Crippen LogP contribution in [0.2, 0.25) is 10.0 Å². The van der Waals surface area contributed by atoms with E-state index in [9.17, 15) is 4.79 Å². The predicted molar refractivity (Wildman–Crippen MR) is 67.7 cm³/mol. The van der Waals surface area contributed by atoms with Crippen molar-refractivity contribution in [2.24, 2.45) is 0 Å². The highest BCUT2D eigenvalue weighted by Gasteiger charge is 2.07. The van der Waals surface area contributed by atoms with Crippen molar-refractivity contribution in [3.8, 4) is 11.6 Å². The van der Waals surface area contributed by atoms with Gasteiger partial charge >= 0.3 is 5.97 Å². The number of halogens is 2. The van der Waals surface area contributed by atoms with Gasteiger partial charge in [-0.15, -0.1) is 0 Å². The molecule has 1 aromatic carbocycles. The third kappa shape index (κ3) is 2.91. The Morgan fingerprint density at radius 3 is 2.61 bits per heavy atom. The molecular formula is C12H7Cl2NO3. The van der Waals surface area contributed by atoms with E-state index in [-0.39, 0.29) is 11.4 Å². The monoisotopic (exact) mass is 283 g/mol. The summed E-state index contributed by atoms with van der Waals surface area (Å²) in [5, 5.41) is 9.60. The lowest BCUT2D eigenvalue weighted by molar-refractivity contribution is 0.0696. The van der Waals surface area contributed by atoms with E-state index < -0.39 is 5.97 Å². The lowest BCUT2D eigenvalue weighted by atomic mass is 10.3. The third-order valence-electron chi connectivity index (χ3n) is 2.10. The van der Waals surface area contributed by atoms with Gasteiger partial charge in [0, 0.05) is 18.3 Å². The Balaban J connectivity index is 2.25. The zero-order chi connectivity index (χ0) is 13.1. The average Bonchev–Trinajstić information content (AvgIpc) is 2.34. The normalized spacial score (nSPS) is 10.1. The van der Waals surface area contributed by atoms with E-state index >= 15 is 0 Å². The first kappa shape index (κ1) is 12.7. The first-order chi connectivity index (χ1) is 8.56. The summed E-state index contributed by atoms with van der Waals surface area (Å²) in [5.41, 5.74) is 0.0973.